The number of ether oxygens (including phenoxy) is 1. The fourth-order valence-electron chi connectivity index (χ4n) is 2.49. The predicted octanol–water partition coefficient (Wildman–Crippen LogP) is 4.12. The van der Waals surface area contributed by atoms with Crippen LogP contribution in [-0.2, 0) is 0 Å². The molecule has 0 unspecified atom stereocenters. The van der Waals surface area contributed by atoms with E-state index in [2.05, 4.69) is 18.0 Å². The Morgan fingerprint density at radius 2 is 2.05 bits per heavy atom. The molecule has 0 heterocycles. The molecule has 2 aromatic rings. The number of nitrogens with zero attached hydrogens (tertiary/aromatic N) is 1. The quantitative estimate of drug-likeness (QED) is 0.901. The summed E-state index contributed by atoms with van der Waals surface area (Å²) in [6.07, 6.45) is 0. The summed E-state index contributed by atoms with van der Waals surface area (Å²) in [6, 6.07) is 14.1. The molecule has 0 aliphatic rings. The molecule has 3 heteroatoms. The van der Waals surface area contributed by atoms with Crippen molar-refractivity contribution in [3.8, 4) is 22.9 Å². The summed E-state index contributed by atoms with van der Waals surface area (Å²) in [5.74, 6) is 0.758. The molecular formula is C19H20N2O. The van der Waals surface area contributed by atoms with Crippen LogP contribution in [0.5, 0.6) is 5.75 Å². The van der Waals surface area contributed by atoms with Crippen molar-refractivity contribution in [1.29, 1.82) is 5.26 Å². The molecule has 0 spiro atoms. The lowest BCUT2D eigenvalue weighted by Gasteiger charge is -2.15. The molecular weight excluding hydrogens is 272 g/mol. The summed E-state index contributed by atoms with van der Waals surface area (Å²) in [4.78, 5) is 0. The van der Waals surface area contributed by atoms with Gasteiger partial charge in [-0.3, -0.25) is 0 Å². The van der Waals surface area contributed by atoms with Crippen LogP contribution in [0.25, 0.3) is 16.8 Å². The summed E-state index contributed by atoms with van der Waals surface area (Å²) in [6.45, 7) is 8.82. The van der Waals surface area contributed by atoms with E-state index in [1.807, 2.05) is 50.2 Å². The second-order valence-corrected chi connectivity index (χ2v) is 5.05. The second-order valence-electron chi connectivity index (χ2n) is 5.05. The number of aryl methyl sites for hydroxylation is 1. The molecule has 3 nitrogen and oxygen atoms in total. The zero-order valence-electron chi connectivity index (χ0n) is 13.2. The summed E-state index contributed by atoms with van der Waals surface area (Å²) in [5.41, 5.74) is 5.09. The smallest absolute Gasteiger partial charge is 0.126 e. The van der Waals surface area contributed by atoms with Crippen LogP contribution >= 0.6 is 0 Å². The Morgan fingerprint density at radius 1 is 1.27 bits per heavy atom. The van der Waals surface area contributed by atoms with Crippen LogP contribution < -0.4 is 10.1 Å². The van der Waals surface area contributed by atoms with E-state index in [9.17, 15) is 5.26 Å². The first-order valence-electron chi connectivity index (χ1n) is 7.23. The van der Waals surface area contributed by atoms with E-state index in [0.717, 1.165) is 40.2 Å². The minimum absolute atomic E-state index is 0.609. The molecule has 0 fully saturated rings. The van der Waals surface area contributed by atoms with Crippen LogP contribution in [0.2, 0.25) is 0 Å². The highest BCUT2D eigenvalue weighted by molar-refractivity contribution is 5.82. The molecule has 1 N–H and O–H groups in total. The Labute approximate surface area is 131 Å². The molecule has 0 saturated carbocycles. The highest BCUT2D eigenvalue weighted by Gasteiger charge is 2.15. The number of hydrogen-bond acceptors (Lipinski definition) is 3. The molecule has 2 aromatic carbocycles. The number of benzene rings is 2. The molecule has 0 aliphatic carbocycles. The van der Waals surface area contributed by atoms with Crippen molar-refractivity contribution in [2.45, 2.75) is 13.8 Å². The summed E-state index contributed by atoms with van der Waals surface area (Å²) in [5, 5.41) is 12.8. The first-order valence-corrected chi connectivity index (χ1v) is 7.23. The van der Waals surface area contributed by atoms with Crippen molar-refractivity contribution in [2.24, 2.45) is 0 Å². The first kappa shape index (κ1) is 15.7. The largest absolute Gasteiger partial charge is 0.496 e. The van der Waals surface area contributed by atoms with E-state index in [-0.39, 0.29) is 0 Å². The maximum Gasteiger partial charge on any atom is 0.126 e. The van der Waals surface area contributed by atoms with Crippen molar-refractivity contribution in [3.63, 3.8) is 0 Å². The van der Waals surface area contributed by atoms with Crippen molar-refractivity contribution in [2.75, 3.05) is 13.7 Å². The number of hydrogen-bond donors (Lipinski definition) is 1. The minimum Gasteiger partial charge on any atom is -0.496 e. The van der Waals surface area contributed by atoms with E-state index in [1.165, 1.54) is 0 Å². The zero-order chi connectivity index (χ0) is 16.1. The fraction of sp³-hybridized carbons (Fsp3) is 0.211. The monoisotopic (exact) mass is 292 g/mol. The fourth-order valence-corrected chi connectivity index (χ4v) is 2.49. The SMILES string of the molecule is C=C(NCC)c1cccc(-c2cc(C)ccc2OC)c1C#N. The Morgan fingerprint density at radius 3 is 2.68 bits per heavy atom. The summed E-state index contributed by atoms with van der Waals surface area (Å²) < 4.78 is 5.45. The van der Waals surface area contributed by atoms with Crippen LogP contribution in [0.1, 0.15) is 23.6 Å². The Balaban J connectivity index is 2.67. The van der Waals surface area contributed by atoms with E-state index >= 15 is 0 Å². The van der Waals surface area contributed by atoms with Gasteiger partial charge in [0, 0.05) is 28.9 Å². The predicted molar refractivity (Wildman–Crippen MR) is 90.6 cm³/mol. The number of nitriles is 1. The summed E-state index contributed by atoms with van der Waals surface area (Å²) in [7, 11) is 1.64. The van der Waals surface area contributed by atoms with Gasteiger partial charge in [-0.05, 0) is 26.0 Å². The molecule has 0 aromatic heterocycles. The average Bonchev–Trinajstić information content (AvgIpc) is 2.54. The number of nitrogens with one attached hydrogen (secondary N) is 1. The Hall–Kier alpha value is -2.73. The van der Waals surface area contributed by atoms with Crippen molar-refractivity contribution < 1.29 is 4.74 Å². The summed E-state index contributed by atoms with van der Waals surface area (Å²) >= 11 is 0. The highest BCUT2D eigenvalue weighted by atomic mass is 16.5. The van der Waals surface area contributed by atoms with Gasteiger partial charge >= 0.3 is 0 Å². The van der Waals surface area contributed by atoms with Gasteiger partial charge in [0.25, 0.3) is 0 Å². The maximum absolute atomic E-state index is 9.65. The molecule has 0 aliphatic heterocycles. The lowest BCUT2D eigenvalue weighted by Crippen LogP contribution is -2.11. The second kappa shape index (κ2) is 6.82. The molecule has 0 radical (unpaired) electrons. The molecule has 0 saturated heterocycles. The molecule has 0 amide bonds. The molecule has 2 rings (SSSR count). The van der Waals surface area contributed by atoms with Gasteiger partial charge in [-0.25, -0.2) is 0 Å². The van der Waals surface area contributed by atoms with E-state index in [4.69, 9.17) is 4.74 Å². The maximum atomic E-state index is 9.65. The van der Waals surface area contributed by atoms with Gasteiger partial charge in [0.2, 0.25) is 0 Å². The van der Waals surface area contributed by atoms with Gasteiger partial charge in [0.15, 0.2) is 0 Å². The molecule has 112 valence electrons. The standard InChI is InChI=1S/C19H20N2O/c1-5-21-14(3)15-7-6-8-16(18(15)12-20)17-11-13(2)9-10-19(17)22-4/h6-11,21H,3,5H2,1-2,4H3. The Kier molecular flexibility index (Phi) is 4.85. The third-order valence-electron chi connectivity index (χ3n) is 3.54. The topological polar surface area (TPSA) is 45.0 Å². The van der Waals surface area contributed by atoms with Gasteiger partial charge < -0.3 is 10.1 Å². The van der Waals surface area contributed by atoms with E-state index in [0.29, 0.717) is 5.56 Å². The lowest BCUT2D eigenvalue weighted by molar-refractivity contribution is 0.416. The van der Waals surface area contributed by atoms with E-state index < -0.39 is 0 Å². The van der Waals surface area contributed by atoms with E-state index in [1.54, 1.807) is 7.11 Å². The van der Waals surface area contributed by atoms with Gasteiger partial charge in [-0.2, -0.15) is 5.26 Å². The van der Waals surface area contributed by atoms with Crippen LogP contribution in [-0.4, -0.2) is 13.7 Å². The number of rotatable bonds is 5. The zero-order valence-corrected chi connectivity index (χ0v) is 13.2. The highest BCUT2D eigenvalue weighted by Crippen LogP contribution is 2.35. The van der Waals surface area contributed by atoms with Gasteiger partial charge in [-0.1, -0.05) is 36.4 Å². The normalized spacial score (nSPS) is 9.91. The van der Waals surface area contributed by atoms with Crippen LogP contribution in [0.4, 0.5) is 0 Å². The van der Waals surface area contributed by atoms with Gasteiger partial charge in [0.1, 0.15) is 11.8 Å². The first-order chi connectivity index (χ1) is 10.6. The third-order valence-corrected chi connectivity index (χ3v) is 3.54. The average molecular weight is 292 g/mol. The van der Waals surface area contributed by atoms with Gasteiger partial charge in [0.05, 0.1) is 12.7 Å². The molecule has 0 bridgehead atoms. The van der Waals surface area contributed by atoms with Crippen LogP contribution in [0, 0.1) is 18.3 Å². The number of methoxy groups -OCH3 is 1. The van der Waals surface area contributed by atoms with Crippen LogP contribution in [0.15, 0.2) is 43.0 Å². The molecule has 0 atom stereocenters. The van der Waals surface area contributed by atoms with Crippen molar-refractivity contribution >= 4 is 5.70 Å². The minimum atomic E-state index is 0.609. The van der Waals surface area contributed by atoms with Gasteiger partial charge in [-0.15, -0.1) is 0 Å². The molecule has 22 heavy (non-hydrogen) atoms. The Bertz CT molecular complexity index is 742. The van der Waals surface area contributed by atoms with Crippen LogP contribution in [0.3, 0.4) is 0 Å². The van der Waals surface area contributed by atoms with Crippen molar-refractivity contribution in [1.82, 2.24) is 5.32 Å². The third kappa shape index (κ3) is 2.96. The lowest BCUT2D eigenvalue weighted by atomic mass is 9.93. The van der Waals surface area contributed by atoms with Crippen molar-refractivity contribution in [3.05, 3.63) is 59.7 Å².